The van der Waals surface area contributed by atoms with Crippen LogP contribution in [0.4, 0.5) is 9.59 Å². The van der Waals surface area contributed by atoms with E-state index < -0.39 is 24.2 Å². The summed E-state index contributed by atoms with van der Waals surface area (Å²) in [4.78, 5) is 33.9. The van der Waals surface area contributed by atoms with E-state index >= 15 is 0 Å². The summed E-state index contributed by atoms with van der Waals surface area (Å²) in [6.45, 7) is 1.28. The van der Waals surface area contributed by atoms with E-state index in [0.29, 0.717) is 17.2 Å². The number of benzene rings is 2. The zero-order valence-corrected chi connectivity index (χ0v) is 18.5. The molecule has 2 aromatic carbocycles. The molecular formula is C23H26N2O8. The monoisotopic (exact) mass is 458 g/mol. The minimum absolute atomic E-state index is 0.0123. The zero-order valence-electron chi connectivity index (χ0n) is 18.5. The van der Waals surface area contributed by atoms with Crippen LogP contribution in [0.5, 0.6) is 17.2 Å². The van der Waals surface area contributed by atoms with Crippen molar-refractivity contribution in [3.63, 3.8) is 0 Å². The molecule has 33 heavy (non-hydrogen) atoms. The number of carbonyl (C=O) groups is 3. The van der Waals surface area contributed by atoms with Crippen LogP contribution < -0.4 is 24.8 Å². The molecule has 0 aliphatic carbocycles. The van der Waals surface area contributed by atoms with Gasteiger partial charge in [0.1, 0.15) is 29.9 Å². The summed E-state index contributed by atoms with van der Waals surface area (Å²) >= 11 is 0. The molecule has 0 aliphatic rings. The number of carboxylic acid groups (broad SMARTS) is 1. The fourth-order valence-electron chi connectivity index (χ4n) is 2.60. The lowest BCUT2D eigenvalue weighted by molar-refractivity contribution is -0.122. The van der Waals surface area contributed by atoms with Crippen molar-refractivity contribution in [2.45, 2.75) is 13.0 Å². The fourth-order valence-corrected chi connectivity index (χ4v) is 2.60. The summed E-state index contributed by atoms with van der Waals surface area (Å²) in [6.07, 6.45) is 1.56. The molecule has 1 atom stereocenters. The van der Waals surface area contributed by atoms with Crippen LogP contribution in [0, 0.1) is 0 Å². The molecule has 10 heteroatoms. The third-order valence-electron chi connectivity index (χ3n) is 4.28. The first kappa shape index (κ1) is 25.1. The number of carbonyl (C=O) groups excluding carboxylic acids is 2. The molecule has 2 aromatic rings. The maximum absolute atomic E-state index is 11.8. The second-order valence-electron chi connectivity index (χ2n) is 6.71. The molecule has 0 saturated heterocycles. The van der Waals surface area contributed by atoms with Gasteiger partial charge >= 0.3 is 12.2 Å². The van der Waals surface area contributed by atoms with Crippen LogP contribution in [0.3, 0.4) is 0 Å². The molecule has 0 aliphatic heterocycles. The third kappa shape index (κ3) is 8.82. The van der Waals surface area contributed by atoms with Gasteiger partial charge in [-0.25, -0.2) is 9.59 Å². The zero-order chi connectivity index (χ0) is 24.2. The van der Waals surface area contributed by atoms with Crippen molar-refractivity contribution in [3.05, 3.63) is 53.6 Å². The largest absolute Gasteiger partial charge is 0.513 e. The van der Waals surface area contributed by atoms with Crippen LogP contribution in [0.2, 0.25) is 0 Å². The quantitative estimate of drug-likeness (QED) is 0.214. The van der Waals surface area contributed by atoms with Crippen molar-refractivity contribution < 1.29 is 38.4 Å². The van der Waals surface area contributed by atoms with Gasteiger partial charge in [-0.05, 0) is 42.3 Å². The Kier molecular flexibility index (Phi) is 9.56. The van der Waals surface area contributed by atoms with E-state index in [1.165, 1.54) is 6.92 Å². The predicted octanol–water partition coefficient (Wildman–Crippen LogP) is 3.16. The SMILES string of the molecule is COc1cc(C=Cc2ccc(OC(=O)OCCNC(=O)C(C)NC(=O)O)cc2)cc(OC)c1. The highest BCUT2D eigenvalue weighted by Gasteiger charge is 2.14. The predicted molar refractivity (Wildman–Crippen MR) is 121 cm³/mol. The minimum Gasteiger partial charge on any atom is -0.497 e. The highest BCUT2D eigenvalue weighted by Crippen LogP contribution is 2.24. The molecule has 2 rings (SSSR count). The average molecular weight is 458 g/mol. The molecule has 0 aromatic heterocycles. The molecule has 0 bridgehead atoms. The van der Waals surface area contributed by atoms with Crippen LogP contribution >= 0.6 is 0 Å². The Morgan fingerprint density at radius 2 is 1.55 bits per heavy atom. The smallest absolute Gasteiger partial charge is 0.497 e. The Labute approximate surface area is 191 Å². The highest BCUT2D eigenvalue weighted by molar-refractivity contribution is 5.84. The van der Waals surface area contributed by atoms with E-state index in [2.05, 4.69) is 5.32 Å². The van der Waals surface area contributed by atoms with Gasteiger partial charge in [0.15, 0.2) is 0 Å². The standard InChI is InChI=1S/C23H26N2O8/c1-15(25-22(27)28)21(26)24-10-11-32-23(29)33-18-8-6-16(7-9-18)4-5-17-12-19(30-2)14-20(13-17)31-3/h4-9,12-15,25H,10-11H2,1-3H3,(H,24,26)(H,27,28). The molecule has 2 amide bonds. The van der Waals surface area contributed by atoms with Crippen molar-refractivity contribution >= 4 is 30.3 Å². The van der Waals surface area contributed by atoms with Crippen molar-refractivity contribution in [2.75, 3.05) is 27.4 Å². The normalized spacial score (nSPS) is 11.4. The first-order valence-electron chi connectivity index (χ1n) is 9.93. The summed E-state index contributed by atoms with van der Waals surface area (Å²) < 4.78 is 20.5. The maximum atomic E-state index is 11.8. The van der Waals surface area contributed by atoms with E-state index in [9.17, 15) is 14.4 Å². The van der Waals surface area contributed by atoms with Gasteiger partial charge in [0, 0.05) is 6.07 Å². The number of hydrogen-bond acceptors (Lipinski definition) is 7. The number of rotatable bonds is 10. The molecule has 0 spiro atoms. The third-order valence-corrected chi connectivity index (χ3v) is 4.28. The minimum atomic E-state index is -1.31. The molecule has 10 nitrogen and oxygen atoms in total. The van der Waals surface area contributed by atoms with Gasteiger partial charge in [-0.15, -0.1) is 0 Å². The molecular weight excluding hydrogens is 432 g/mol. The van der Waals surface area contributed by atoms with Crippen molar-refractivity contribution in [2.24, 2.45) is 0 Å². The highest BCUT2D eigenvalue weighted by atomic mass is 16.7. The summed E-state index contributed by atoms with van der Waals surface area (Å²) in [6, 6.07) is 11.4. The topological polar surface area (TPSA) is 132 Å². The van der Waals surface area contributed by atoms with Crippen LogP contribution in [-0.4, -0.2) is 56.7 Å². The lowest BCUT2D eigenvalue weighted by Crippen LogP contribution is -2.45. The number of ether oxygens (including phenoxy) is 4. The summed E-state index contributed by atoms with van der Waals surface area (Å²) in [5.41, 5.74) is 1.78. The molecule has 0 fully saturated rings. The Hall–Kier alpha value is -4.21. The Bertz CT molecular complexity index is 966. The van der Waals surface area contributed by atoms with Gasteiger partial charge in [-0.1, -0.05) is 24.3 Å². The molecule has 1 unspecified atom stereocenters. The number of hydrogen-bond donors (Lipinski definition) is 3. The molecule has 0 radical (unpaired) electrons. The Morgan fingerprint density at radius 1 is 0.939 bits per heavy atom. The van der Waals surface area contributed by atoms with Crippen LogP contribution in [-0.2, 0) is 9.53 Å². The van der Waals surface area contributed by atoms with Gasteiger partial charge in [-0.3, -0.25) is 4.79 Å². The molecule has 3 N–H and O–H groups in total. The van der Waals surface area contributed by atoms with Crippen LogP contribution in [0.1, 0.15) is 18.1 Å². The van der Waals surface area contributed by atoms with Gasteiger partial charge in [0.25, 0.3) is 0 Å². The first-order valence-corrected chi connectivity index (χ1v) is 9.93. The van der Waals surface area contributed by atoms with Crippen molar-refractivity contribution in [3.8, 4) is 17.2 Å². The van der Waals surface area contributed by atoms with Crippen molar-refractivity contribution in [1.82, 2.24) is 10.6 Å². The van der Waals surface area contributed by atoms with Crippen LogP contribution in [0.15, 0.2) is 42.5 Å². The first-order chi connectivity index (χ1) is 15.8. The summed E-state index contributed by atoms with van der Waals surface area (Å²) in [5, 5.41) is 13.0. The molecule has 176 valence electrons. The second-order valence-corrected chi connectivity index (χ2v) is 6.71. The average Bonchev–Trinajstić information content (AvgIpc) is 2.80. The molecule has 0 saturated carbocycles. The van der Waals surface area contributed by atoms with E-state index in [1.807, 2.05) is 29.6 Å². The molecule has 0 heterocycles. The van der Waals surface area contributed by atoms with E-state index in [-0.39, 0.29) is 13.2 Å². The lowest BCUT2D eigenvalue weighted by atomic mass is 10.1. The van der Waals surface area contributed by atoms with E-state index in [1.54, 1.807) is 44.6 Å². The van der Waals surface area contributed by atoms with E-state index in [4.69, 9.17) is 24.1 Å². The maximum Gasteiger partial charge on any atom is 0.513 e. The van der Waals surface area contributed by atoms with Crippen molar-refractivity contribution in [1.29, 1.82) is 0 Å². The van der Waals surface area contributed by atoms with Gasteiger partial charge in [-0.2, -0.15) is 0 Å². The Morgan fingerprint density at radius 3 is 2.12 bits per heavy atom. The van der Waals surface area contributed by atoms with Gasteiger partial charge in [0.2, 0.25) is 5.91 Å². The second kappa shape index (κ2) is 12.6. The number of nitrogens with one attached hydrogen (secondary N) is 2. The number of methoxy groups -OCH3 is 2. The van der Waals surface area contributed by atoms with E-state index in [0.717, 1.165) is 11.1 Å². The Balaban J connectivity index is 1.80. The van der Waals surface area contributed by atoms with Gasteiger partial charge < -0.3 is 34.7 Å². The lowest BCUT2D eigenvalue weighted by Gasteiger charge is -2.12. The summed E-state index contributed by atoms with van der Waals surface area (Å²) in [7, 11) is 3.17. The number of amides is 2. The fraction of sp³-hybridized carbons (Fsp3) is 0.261. The summed E-state index contributed by atoms with van der Waals surface area (Å²) in [5.74, 6) is 1.12. The van der Waals surface area contributed by atoms with Gasteiger partial charge in [0.05, 0.1) is 20.8 Å². The van der Waals surface area contributed by atoms with Crippen LogP contribution in [0.25, 0.3) is 12.2 Å².